The molecule has 1 heterocycles. The molecule has 1 rings (SSSR count). The molecule has 1 fully saturated rings. The van der Waals surface area contributed by atoms with E-state index in [1.807, 2.05) is 0 Å². The van der Waals surface area contributed by atoms with Crippen molar-refractivity contribution in [3.8, 4) is 0 Å². The molecule has 1 atom stereocenters. The van der Waals surface area contributed by atoms with Gasteiger partial charge in [0.1, 0.15) is 0 Å². The fraction of sp³-hybridized carbons (Fsp3) is 1.00. The number of nitrogens with one attached hydrogen (secondary N) is 1. The van der Waals surface area contributed by atoms with Gasteiger partial charge in [-0.15, -0.1) is 0 Å². The zero-order chi connectivity index (χ0) is 6.20. The van der Waals surface area contributed by atoms with E-state index >= 15 is 0 Å². The minimum atomic E-state index is -2.45. The van der Waals surface area contributed by atoms with Gasteiger partial charge in [-0.1, -0.05) is 0 Å². The third kappa shape index (κ3) is 1.15. The maximum Gasteiger partial charge on any atom is 0.261 e. The van der Waals surface area contributed by atoms with Gasteiger partial charge in [-0.2, -0.15) is 0 Å². The van der Waals surface area contributed by atoms with Crippen LogP contribution in [0.3, 0.4) is 0 Å². The first-order valence-corrected chi connectivity index (χ1v) is 2.71. The molecule has 1 unspecified atom stereocenters. The van der Waals surface area contributed by atoms with E-state index < -0.39 is 5.92 Å². The van der Waals surface area contributed by atoms with Gasteiger partial charge in [0.2, 0.25) is 0 Å². The van der Waals surface area contributed by atoms with Crippen LogP contribution in [0.2, 0.25) is 0 Å². The van der Waals surface area contributed by atoms with Crippen LogP contribution in [-0.4, -0.2) is 18.5 Å². The lowest BCUT2D eigenvalue weighted by atomic mass is 10.2. The van der Waals surface area contributed by atoms with Crippen molar-refractivity contribution in [2.75, 3.05) is 6.54 Å². The van der Waals surface area contributed by atoms with Gasteiger partial charge in [0, 0.05) is 12.5 Å². The molecular formula is C5H9F2N. The van der Waals surface area contributed by atoms with E-state index in [0.717, 1.165) is 0 Å². The molecule has 0 aromatic rings. The minimum Gasteiger partial charge on any atom is -0.308 e. The second-order valence-corrected chi connectivity index (χ2v) is 2.34. The van der Waals surface area contributed by atoms with E-state index in [4.69, 9.17) is 0 Å². The van der Waals surface area contributed by atoms with E-state index in [1.165, 1.54) is 0 Å². The normalized spacial score (nSPS) is 35.6. The molecule has 1 nitrogen and oxygen atoms in total. The van der Waals surface area contributed by atoms with Gasteiger partial charge in [-0.05, 0) is 6.92 Å². The lowest BCUT2D eigenvalue weighted by Crippen LogP contribution is -2.20. The summed E-state index contributed by atoms with van der Waals surface area (Å²) in [5, 5.41) is 2.66. The Bertz CT molecular complexity index is 92.4. The summed E-state index contributed by atoms with van der Waals surface area (Å²) in [4.78, 5) is 0. The Morgan fingerprint density at radius 2 is 2.25 bits per heavy atom. The number of rotatable bonds is 0. The Kier molecular flexibility index (Phi) is 1.23. The maximum absolute atomic E-state index is 12.1. The summed E-state index contributed by atoms with van der Waals surface area (Å²) in [5.74, 6) is -2.45. The average molecular weight is 121 g/mol. The topological polar surface area (TPSA) is 12.0 Å². The summed E-state index contributed by atoms with van der Waals surface area (Å²) in [6, 6.07) is -0.00926. The molecule has 0 amide bonds. The molecule has 8 heavy (non-hydrogen) atoms. The first-order valence-electron chi connectivity index (χ1n) is 2.71. The highest BCUT2D eigenvalue weighted by Gasteiger charge is 2.36. The van der Waals surface area contributed by atoms with Crippen LogP contribution >= 0.6 is 0 Å². The van der Waals surface area contributed by atoms with Crippen LogP contribution in [0.15, 0.2) is 0 Å². The van der Waals surface area contributed by atoms with E-state index in [9.17, 15) is 8.78 Å². The number of hydrogen-bond donors (Lipinski definition) is 1. The van der Waals surface area contributed by atoms with Crippen LogP contribution in [0, 0.1) is 0 Å². The summed E-state index contributed by atoms with van der Waals surface area (Å²) < 4.78 is 24.3. The molecule has 0 radical (unpaired) electrons. The van der Waals surface area contributed by atoms with Gasteiger partial charge in [-0.25, -0.2) is 8.78 Å². The Morgan fingerprint density at radius 3 is 2.38 bits per heavy atom. The highest BCUT2D eigenvalue weighted by atomic mass is 19.3. The second kappa shape index (κ2) is 1.65. The first kappa shape index (κ1) is 5.95. The standard InChI is InChI=1S/C5H9F2N/c1-4-2-5(6,7)3-8-4/h4,8H,2-3H2,1H3. The second-order valence-electron chi connectivity index (χ2n) is 2.34. The van der Waals surface area contributed by atoms with Crippen LogP contribution < -0.4 is 5.32 Å². The number of halogens is 2. The molecule has 48 valence electrons. The molecule has 0 saturated carbocycles. The highest BCUT2D eigenvalue weighted by Crippen LogP contribution is 2.24. The quantitative estimate of drug-likeness (QED) is 0.504. The van der Waals surface area contributed by atoms with Crippen molar-refractivity contribution in [1.29, 1.82) is 0 Å². The van der Waals surface area contributed by atoms with Gasteiger partial charge in [-0.3, -0.25) is 0 Å². The predicted octanol–water partition coefficient (Wildman–Crippen LogP) is 1.00. The van der Waals surface area contributed by atoms with Crippen LogP contribution in [0.25, 0.3) is 0 Å². The zero-order valence-corrected chi connectivity index (χ0v) is 4.75. The summed E-state index contributed by atoms with van der Waals surface area (Å²) in [6.45, 7) is 1.62. The van der Waals surface area contributed by atoms with Gasteiger partial charge >= 0.3 is 0 Å². The summed E-state index contributed by atoms with van der Waals surface area (Å²) in [6.07, 6.45) is -0.00694. The molecule has 3 heteroatoms. The van der Waals surface area contributed by atoms with Crippen molar-refractivity contribution in [2.45, 2.75) is 25.3 Å². The highest BCUT2D eigenvalue weighted by molar-refractivity contribution is 4.83. The van der Waals surface area contributed by atoms with Crippen LogP contribution in [0.5, 0.6) is 0 Å². The van der Waals surface area contributed by atoms with Crippen molar-refractivity contribution in [3.63, 3.8) is 0 Å². The van der Waals surface area contributed by atoms with Crippen molar-refractivity contribution in [2.24, 2.45) is 0 Å². The third-order valence-corrected chi connectivity index (χ3v) is 1.31. The van der Waals surface area contributed by atoms with Crippen molar-refractivity contribution in [1.82, 2.24) is 5.32 Å². The predicted molar refractivity (Wildman–Crippen MR) is 27.0 cm³/mol. The molecular weight excluding hydrogens is 112 g/mol. The summed E-state index contributed by atoms with van der Waals surface area (Å²) in [7, 11) is 0. The monoisotopic (exact) mass is 121 g/mol. The van der Waals surface area contributed by atoms with Gasteiger partial charge in [0.15, 0.2) is 0 Å². The van der Waals surface area contributed by atoms with Crippen molar-refractivity contribution < 1.29 is 8.78 Å². The Labute approximate surface area is 47.1 Å². The SMILES string of the molecule is CC1CC(F)(F)CN1. The summed E-state index contributed by atoms with van der Waals surface area (Å²) in [5.41, 5.74) is 0. The van der Waals surface area contributed by atoms with Crippen molar-refractivity contribution in [3.05, 3.63) is 0 Å². The minimum absolute atomic E-state index is 0.00694. The average Bonchev–Trinajstić information content (AvgIpc) is 1.82. The van der Waals surface area contributed by atoms with Crippen LogP contribution in [-0.2, 0) is 0 Å². The molecule has 1 N–H and O–H groups in total. The largest absolute Gasteiger partial charge is 0.308 e. The molecule has 0 bridgehead atoms. The molecule has 1 aliphatic rings. The first-order chi connectivity index (χ1) is 3.60. The Balaban J connectivity index is 2.44. The Hall–Kier alpha value is -0.180. The molecule has 0 aromatic heterocycles. The fourth-order valence-corrected chi connectivity index (χ4v) is 0.916. The van der Waals surface area contributed by atoms with E-state index in [2.05, 4.69) is 5.32 Å². The van der Waals surface area contributed by atoms with Gasteiger partial charge in [0.05, 0.1) is 6.54 Å². The van der Waals surface area contributed by atoms with Crippen LogP contribution in [0.4, 0.5) is 8.78 Å². The zero-order valence-electron chi connectivity index (χ0n) is 4.75. The smallest absolute Gasteiger partial charge is 0.261 e. The summed E-state index contributed by atoms with van der Waals surface area (Å²) >= 11 is 0. The van der Waals surface area contributed by atoms with Gasteiger partial charge < -0.3 is 5.32 Å². The molecule has 0 aromatic carbocycles. The van der Waals surface area contributed by atoms with Crippen LogP contribution in [0.1, 0.15) is 13.3 Å². The van der Waals surface area contributed by atoms with E-state index in [1.54, 1.807) is 6.92 Å². The number of alkyl halides is 2. The number of hydrogen-bond acceptors (Lipinski definition) is 1. The molecule has 0 spiro atoms. The third-order valence-electron chi connectivity index (χ3n) is 1.31. The maximum atomic E-state index is 12.1. The lowest BCUT2D eigenvalue weighted by molar-refractivity contribution is 0.0216. The van der Waals surface area contributed by atoms with Crippen molar-refractivity contribution >= 4 is 0 Å². The van der Waals surface area contributed by atoms with E-state index in [-0.39, 0.29) is 19.0 Å². The lowest BCUT2D eigenvalue weighted by Gasteiger charge is -2.03. The van der Waals surface area contributed by atoms with E-state index in [0.29, 0.717) is 0 Å². The molecule has 1 aliphatic heterocycles. The Morgan fingerprint density at radius 1 is 1.62 bits per heavy atom. The molecule has 1 saturated heterocycles. The van der Waals surface area contributed by atoms with Gasteiger partial charge in [0.25, 0.3) is 5.92 Å². The molecule has 0 aliphatic carbocycles. The fourth-order valence-electron chi connectivity index (χ4n) is 0.916.